The van der Waals surface area contributed by atoms with Crippen molar-refractivity contribution in [1.82, 2.24) is 24.4 Å². The summed E-state index contributed by atoms with van der Waals surface area (Å²) >= 11 is 0. The SMILES string of the molecule is Cn1c(=O)c2[nH]c(NCC3CCCNC3)nc2n(C)c1=O. The van der Waals surface area contributed by atoms with Gasteiger partial charge >= 0.3 is 5.69 Å². The Hall–Kier alpha value is -2.09. The van der Waals surface area contributed by atoms with Gasteiger partial charge in [0.15, 0.2) is 11.2 Å². The second kappa shape index (κ2) is 5.36. The van der Waals surface area contributed by atoms with Gasteiger partial charge in [0.1, 0.15) is 0 Å². The van der Waals surface area contributed by atoms with Gasteiger partial charge in [-0.05, 0) is 31.8 Å². The average Bonchev–Trinajstić information content (AvgIpc) is 2.94. The molecule has 3 N–H and O–H groups in total. The molecule has 0 saturated carbocycles. The van der Waals surface area contributed by atoms with Crippen LogP contribution in [-0.4, -0.2) is 38.7 Å². The molecule has 2 aromatic rings. The predicted molar refractivity (Wildman–Crippen MR) is 80.7 cm³/mol. The molecule has 0 aromatic carbocycles. The van der Waals surface area contributed by atoms with Crippen molar-refractivity contribution >= 4 is 17.1 Å². The number of piperidine rings is 1. The van der Waals surface area contributed by atoms with Crippen LogP contribution in [0.1, 0.15) is 12.8 Å². The zero-order valence-electron chi connectivity index (χ0n) is 12.3. The minimum atomic E-state index is -0.373. The van der Waals surface area contributed by atoms with Crippen molar-refractivity contribution in [2.24, 2.45) is 20.0 Å². The molecule has 0 aliphatic carbocycles. The fourth-order valence-corrected chi connectivity index (χ4v) is 2.75. The number of hydrogen-bond donors (Lipinski definition) is 3. The summed E-state index contributed by atoms with van der Waals surface area (Å²) < 4.78 is 2.45. The van der Waals surface area contributed by atoms with E-state index in [1.54, 1.807) is 7.05 Å². The number of anilines is 1. The molecule has 8 heteroatoms. The molecule has 1 saturated heterocycles. The number of fused-ring (bicyclic) bond motifs is 1. The largest absolute Gasteiger partial charge is 0.355 e. The van der Waals surface area contributed by atoms with Crippen LogP contribution in [0.4, 0.5) is 5.95 Å². The van der Waals surface area contributed by atoms with Crippen LogP contribution in [0.25, 0.3) is 11.2 Å². The minimum Gasteiger partial charge on any atom is -0.355 e. The highest BCUT2D eigenvalue weighted by atomic mass is 16.2. The quantitative estimate of drug-likeness (QED) is 0.700. The van der Waals surface area contributed by atoms with Crippen molar-refractivity contribution < 1.29 is 0 Å². The second-order valence-corrected chi connectivity index (χ2v) is 5.58. The molecule has 0 radical (unpaired) electrons. The topological polar surface area (TPSA) is 96.7 Å². The third-order valence-electron chi connectivity index (χ3n) is 4.05. The maximum absolute atomic E-state index is 12.1. The first kappa shape index (κ1) is 13.9. The smallest absolute Gasteiger partial charge is 0.332 e. The number of aromatic amines is 1. The van der Waals surface area contributed by atoms with Crippen LogP contribution in [0.5, 0.6) is 0 Å². The van der Waals surface area contributed by atoms with Crippen molar-refractivity contribution in [3.05, 3.63) is 20.8 Å². The van der Waals surface area contributed by atoms with Crippen molar-refractivity contribution in [2.45, 2.75) is 12.8 Å². The zero-order valence-corrected chi connectivity index (χ0v) is 12.3. The molecule has 0 bridgehead atoms. The van der Waals surface area contributed by atoms with Crippen molar-refractivity contribution in [1.29, 1.82) is 0 Å². The monoisotopic (exact) mass is 292 g/mol. The van der Waals surface area contributed by atoms with Gasteiger partial charge in [-0.25, -0.2) is 4.79 Å². The summed E-state index contributed by atoms with van der Waals surface area (Å²) in [6.07, 6.45) is 2.36. The van der Waals surface area contributed by atoms with Gasteiger partial charge in [0.05, 0.1) is 0 Å². The van der Waals surface area contributed by atoms with E-state index in [1.165, 1.54) is 24.5 Å². The first-order valence-corrected chi connectivity index (χ1v) is 7.18. The van der Waals surface area contributed by atoms with E-state index in [4.69, 9.17) is 0 Å². The van der Waals surface area contributed by atoms with E-state index in [0.717, 1.165) is 24.2 Å². The van der Waals surface area contributed by atoms with E-state index in [1.807, 2.05) is 0 Å². The van der Waals surface area contributed by atoms with E-state index in [9.17, 15) is 9.59 Å². The molecule has 1 unspecified atom stereocenters. The fraction of sp³-hybridized carbons (Fsp3) is 0.615. The molecule has 3 heterocycles. The van der Waals surface area contributed by atoms with Crippen molar-refractivity contribution in [3.63, 3.8) is 0 Å². The molecule has 1 aliphatic rings. The van der Waals surface area contributed by atoms with Gasteiger partial charge in [-0.2, -0.15) is 4.98 Å². The van der Waals surface area contributed by atoms with E-state index in [2.05, 4.69) is 20.6 Å². The zero-order chi connectivity index (χ0) is 15.0. The van der Waals surface area contributed by atoms with Gasteiger partial charge < -0.3 is 15.6 Å². The molecule has 21 heavy (non-hydrogen) atoms. The summed E-state index contributed by atoms with van der Waals surface area (Å²) in [4.78, 5) is 31.2. The van der Waals surface area contributed by atoms with Crippen LogP contribution in [0.2, 0.25) is 0 Å². The molecule has 3 rings (SSSR count). The number of aryl methyl sites for hydroxylation is 1. The Bertz CT molecular complexity index is 765. The van der Waals surface area contributed by atoms with Gasteiger partial charge in [-0.1, -0.05) is 0 Å². The Morgan fingerprint density at radius 2 is 2.14 bits per heavy atom. The highest BCUT2D eigenvalue weighted by molar-refractivity contribution is 5.72. The Morgan fingerprint density at radius 3 is 2.86 bits per heavy atom. The maximum Gasteiger partial charge on any atom is 0.332 e. The number of nitrogens with one attached hydrogen (secondary N) is 3. The van der Waals surface area contributed by atoms with Crippen LogP contribution in [-0.2, 0) is 14.1 Å². The number of rotatable bonds is 3. The number of hydrogen-bond acceptors (Lipinski definition) is 5. The second-order valence-electron chi connectivity index (χ2n) is 5.58. The van der Waals surface area contributed by atoms with Gasteiger partial charge in [-0.3, -0.25) is 13.9 Å². The third-order valence-corrected chi connectivity index (χ3v) is 4.05. The summed E-state index contributed by atoms with van der Waals surface area (Å²) in [5.74, 6) is 1.09. The van der Waals surface area contributed by atoms with Gasteiger partial charge in [0, 0.05) is 20.6 Å². The summed E-state index contributed by atoms with van der Waals surface area (Å²) in [5, 5.41) is 6.59. The maximum atomic E-state index is 12.1. The third kappa shape index (κ3) is 2.46. The fourth-order valence-electron chi connectivity index (χ4n) is 2.75. The first-order valence-electron chi connectivity index (χ1n) is 7.18. The molecule has 2 aromatic heterocycles. The van der Waals surface area contributed by atoms with Crippen LogP contribution in [0.3, 0.4) is 0 Å². The summed E-state index contributed by atoms with van der Waals surface area (Å²) in [6.45, 7) is 2.87. The molecule has 1 aliphatic heterocycles. The average molecular weight is 292 g/mol. The summed E-state index contributed by atoms with van der Waals surface area (Å²) in [7, 11) is 3.07. The van der Waals surface area contributed by atoms with E-state index < -0.39 is 0 Å². The molecule has 0 amide bonds. The van der Waals surface area contributed by atoms with E-state index in [0.29, 0.717) is 23.0 Å². The lowest BCUT2D eigenvalue weighted by Crippen LogP contribution is -2.36. The Kier molecular flexibility index (Phi) is 3.54. The van der Waals surface area contributed by atoms with Crippen LogP contribution >= 0.6 is 0 Å². The van der Waals surface area contributed by atoms with Gasteiger partial charge in [-0.15, -0.1) is 0 Å². The number of H-pyrrole nitrogens is 1. The minimum absolute atomic E-state index is 0.351. The molecule has 114 valence electrons. The highest BCUT2D eigenvalue weighted by Crippen LogP contribution is 2.12. The standard InChI is InChI=1S/C13H20N6O2/c1-18-10-9(11(20)19(2)13(18)21)16-12(17-10)15-7-8-4-3-5-14-6-8/h8,14H,3-7H2,1-2H3,(H2,15,16,17). The molecule has 1 fully saturated rings. The molecular weight excluding hydrogens is 272 g/mol. The molecule has 0 spiro atoms. The lowest BCUT2D eigenvalue weighted by molar-refractivity contribution is 0.392. The first-order chi connectivity index (χ1) is 10.1. The van der Waals surface area contributed by atoms with Crippen molar-refractivity contribution in [2.75, 3.05) is 25.0 Å². The summed E-state index contributed by atoms with van der Waals surface area (Å²) in [6, 6.07) is 0. The Balaban J connectivity index is 1.87. The molecular formula is C13H20N6O2. The highest BCUT2D eigenvalue weighted by Gasteiger charge is 2.15. The normalized spacial score (nSPS) is 19.0. The van der Waals surface area contributed by atoms with Crippen LogP contribution < -0.4 is 21.9 Å². The lowest BCUT2D eigenvalue weighted by atomic mass is 10.00. The Morgan fingerprint density at radius 1 is 1.33 bits per heavy atom. The van der Waals surface area contributed by atoms with Crippen molar-refractivity contribution in [3.8, 4) is 0 Å². The van der Waals surface area contributed by atoms with E-state index >= 15 is 0 Å². The number of imidazole rings is 1. The number of nitrogens with zero attached hydrogens (tertiary/aromatic N) is 3. The number of aromatic nitrogens is 4. The predicted octanol–water partition coefficient (Wildman–Crippen LogP) is -0.628. The van der Waals surface area contributed by atoms with Crippen LogP contribution in [0, 0.1) is 5.92 Å². The van der Waals surface area contributed by atoms with Gasteiger partial charge in [0.25, 0.3) is 5.56 Å². The van der Waals surface area contributed by atoms with Crippen LogP contribution in [0.15, 0.2) is 9.59 Å². The lowest BCUT2D eigenvalue weighted by Gasteiger charge is -2.22. The summed E-state index contributed by atoms with van der Waals surface area (Å²) in [5.41, 5.74) is 0.00579. The Labute approximate surface area is 121 Å². The van der Waals surface area contributed by atoms with E-state index in [-0.39, 0.29) is 11.2 Å². The van der Waals surface area contributed by atoms with Gasteiger partial charge in [0.2, 0.25) is 5.95 Å². The molecule has 1 atom stereocenters. The molecule has 8 nitrogen and oxygen atoms in total.